The van der Waals surface area contributed by atoms with E-state index in [4.69, 9.17) is 37.2 Å². The van der Waals surface area contributed by atoms with E-state index in [2.05, 4.69) is 160 Å². The van der Waals surface area contributed by atoms with Crippen molar-refractivity contribution in [1.29, 1.82) is 0 Å². The predicted molar refractivity (Wildman–Crippen MR) is 325 cm³/mol. The molecule has 4 aromatic rings. The monoisotopic (exact) mass is 1180 g/mol. The third-order valence-corrected chi connectivity index (χ3v) is 24.2. The van der Waals surface area contributed by atoms with Crippen LogP contribution in [0.2, 0.25) is 0 Å². The Labute approximate surface area is 485 Å². The van der Waals surface area contributed by atoms with Gasteiger partial charge in [-0.3, -0.25) is 0 Å². The Morgan fingerprint density at radius 1 is 0.295 bits per heavy atom. The lowest BCUT2D eigenvalue weighted by atomic mass is 9.49. The summed E-state index contributed by atoms with van der Waals surface area (Å²) in [5.74, 6) is 0. The quantitative estimate of drug-likeness (QED) is 0.188. The van der Waals surface area contributed by atoms with E-state index in [1.165, 1.54) is 119 Å². The summed E-state index contributed by atoms with van der Waals surface area (Å²) in [6.07, 6.45) is 15.8. The second-order valence-corrected chi connectivity index (χ2v) is 31.0. The molecule has 8 fully saturated rings. The van der Waals surface area contributed by atoms with E-state index < -0.39 is 14.0 Å². The van der Waals surface area contributed by atoms with Gasteiger partial charge in [-0.1, -0.05) is 106 Å². The van der Waals surface area contributed by atoms with Gasteiger partial charge >= 0.3 is 28.3 Å². The van der Waals surface area contributed by atoms with Crippen LogP contribution in [0.4, 0.5) is 0 Å². The maximum Gasteiger partial charge on any atom is 0.494 e. The van der Waals surface area contributed by atoms with Crippen LogP contribution in [0.1, 0.15) is 210 Å². The van der Waals surface area contributed by atoms with Crippen molar-refractivity contribution in [3.8, 4) is 22.3 Å². The minimum absolute atomic E-state index is 0.184. The first-order valence-electron chi connectivity index (χ1n) is 29.6. The van der Waals surface area contributed by atoms with Gasteiger partial charge in [-0.05, 0) is 242 Å². The van der Waals surface area contributed by atoms with Crippen molar-refractivity contribution >= 4 is 71.0 Å². The summed E-state index contributed by atoms with van der Waals surface area (Å²) in [5.41, 5.74) is 12.7. The van der Waals surface area contributed by atoms with E-state index >= 15 is 0 Å². The van der Waals surface area contributed by atoms with Gasteiger partial charge in [0.2, 0.25) is 0 Å². The van der Waals surface area contributed by atoms with Crippen LogP contribution in [-0.4, -0.2) is 73.1 Å². The molecule has 0 radical (unpaired) electrons. The first-order valence-corrected chi connectivity index (χ1v) is 31.2. The zero-order valence-corrected chi connectivity index (χ0v) is 52.9. The van der Waals surface area contributed by atoms with Gasteiger partial charge in [0, 0.05) is 30.6 Å². The van der Waals surface area contributed by atoms with Crippen LogP contribution in [-0.2, 0) is 58.9 Å². The summed E-state index contributed by atoms with van der Waals surface area (Å²) in [5, 5.41) is 0. The molecule has 414 valence electrons. The largest absolute Gasteiger partial charge is 0.494 e. The molecule has 4 heterocycles. The maximum absolute atomic E-state index is 6.49. The minimum Gasteiger partial charge on any atom is -0.405 e. The third-order valence-electron chi connectivity index (χ3n) is 23.2. The molecule has 14 rings (SSSR count). The van der Waals surface area contributed by atoms with E-state index in [0.717, 1.165) is 10.9 Å². The molecule has 8 nitrogen and oxygen atoms in total. The third kappa shape index (κ3) is 8.09. The Hall–Kier alpha value is -2.22. The zero-order chi connectivity index (χ0) is 55.9. The Morgan fingerprint density at radius 3 is 0.769 bits per heavy atom. The second kappa shape index (κ2) is 18.1. The topological polar surface area (TPSA) is 73.8 Å². The molecule has 4 saturated heterocycles. The molecule has 4 aromatic carbocycles. The van der Waals surface area contributed by atoms with Crippen LogP contribution in [0.3, 0.4) is 0 Å². The minimum atomic E-state index is -0.476. The van der Waals surface area contributed by atoms with Crippen molar-refractivity contribution in [2.24, 2.45) is 0 Å². The van der Waals surface area contributed by atoms with Gasteiger partial charge in [-0.25, -0.2) is 0 Å². The number of hydrogen-bond donors (Lipinski definition) is 0. The SMILES string of the molecule is Brc1ccc2c(c1)C13CCCC1(CCC3)c1cc(Br)ccc1-2.CC1(C)OB(B2OC(C)(C)C(C)(C)O2)OC1(C)C.CC1(C)OB(c2ccc3c(c2)C24CCCC2(CCC4)c2cc(B4OC(C)(C)C(C)(C)O4)ccc2-3)OC1(C)C. The molecule has 0 amide bonds. The predicted octanol–water partition coefficient (Wildman–Crippen LogP) is 14.8. The van der Waals surface area contributed by atoms with Crippen LogP contribution >= 0.6 is 31.9 Å². The lowest BCUT2D eigenvalue weighted by Gasteiger charge is -2.48. The average Bonchev–Trinajstić information content (AvgIpc) is 4.40. The van der Waals surface area contributed by atoms with Gasteiger partial charge in [0.1, 0.15) is 0 Å². The molecule has 78 heavy (non-hydrogen) atoms. The van der Waals surface area contributed by atoms with Gasteiger partial charge in [0.25, 0.3) is 0 Å². The molecule has 0 spiro atoms. The summed E-state index contributed by atoms with van der Waals surface area (Å²) in [4.78, 5) is 0. The van der Waals surface area contributed by atoms with E-state index in [9.17, 15) is 0 Å². The molecular formula is C64H84B4Br2O8. The fourth-order valence-corrected chi connectivity index (χ4v) is 16.9. The summed E-state index contributed by atoms with van der Waals surface area (Å²) < 4.78 is 52.3. The molecule has 4 saturated carbocycles. The van der Waals surface area contributed by atoms with Gasteiger partial charge in [-0.15, -0.1) is 0 Å². The second-order valence-electron chi connectivity index (χ2n) is 29.2. The zero-order valence-electron chi connectivity index (χ0n) is 49.7. The highest BCUT2D eigenvalue weighted by Crippen LogP contribution is 2.71. The molecule has 0 bridgehead atoms. The Kier molecular flexibility index (Phi) is 13.1. The first kappa shape index (κ1) is 56.3. The fourth-order valence-electron chi connectivity index (χ4n) is 16.2. The highest BCUT2D eigenvalue weighted by Gasteiger charge is 2.66. The smallest absolute Gasteiger partial charge is 0.405 e. The van der Waals surface area contributed by atoms with Gasteiger partial charge in [0.05, 0.1) is 44.8 Å². The van der Waals surface area contributed by atoms with Gasteiger partial charge in [0.15, 0.2) is 0 Å². The lowest BCUT2D eigenvalue weighted by Crippen LogP contribution is -2.46. The molecule has 0 aromatic heterocycles. The summed E-state index contributed by atoms with van der Waals surface area (Å²) >= 11 is 7.45. The molecule has 10 aliphatic rings. The van der Waals surface area contributed by atoms with Crippen molar-refractivity contribution < 1.29 is 37.2 Å². The molecule has 0 unspecified atom stereocenters. The first-order chi connectivity index (χ1) is 36.3. The van der Waals surface area contributed by atoms with Crippen LogP contribution in [0.25, 0.3) is 22.3 Å². The highest BCUT2D eigenvalue weighted by molar-refractivity contribution is 9.10. The average molecular weight is 1180 g/mol. The van der Waals surface area contributed by atoms with Gasteiger partial charge < -0.3 is 37.2 Å². The summed E-state index contributed by atoms with van der Waals surface area (Å²) in [6, 6.07) is 28.0. The van der Waals surface area contributed by atoms with Crippen LogP contribution in [0.5, 0.6) is 0 Å². The lowest BCUT2D eigenvalue weighted by molar-refractivity contribution is 0.00578. The van der Waals surface area contributed by atoms with Crippen molar-refractivity contribution in [3.63, 3.8) is 0 Å². The number of rotatable bonds is 3. The van der Waals surface area contributed by atoms with Crippen LogP contribution < -0.4 is 10.9 Å². The Morgan fingerprint density at radius 2 is 0.513 bits per heavy atom. The number of halogens is 2. The standard InChI is InChI=1S/C32H42B2O4.C20H18Br2.C12H24B2O4/c1-27(2)28(3,4)36-33(35-27)21-11-13-23-24-14-12-22(34-37-29(5,6)30(7,8)38-34)20-26(24)32-17-9-15-31(32,16-10-18-32)25(23)19-21;21-13-3-5-15-16-6-4-14(22)12-18(16)20-8-1-7-19(20,9-2-10-20)17(15)11-13;1-9(2)10(3,4)16-13(15-9)14-17-11(5,6)12(7,8)18-14/h11-14,19-20H,9-10,15-18H2,1-8H3;3-6,11-12H,1-2,7-10H2;1-8H3. The van der Waals surface area contributed by atoms with Crippen molar-refractivity contribution in [1.82, 2.24) is 0 Å². The maximum atomic E-state index is 6.49. The molecule has 4 aliphatic heterocycles. The molecule has 0 N–H and O–H groups in total. The normalized spacial score (nSPS) is 32.4. The summed E-state index contributed by atoms with van der Waals surface area (Å²) in [6.45, 7) is 33.3. The van der Waals surface area contributed by atoms with E-state index in [1.807, 2.05) is 55.4 Å². The van der Waals surface area contributed by atoms with Crippen molar-refractivity contribution in [2.75, 3.05) is 0 Å². The molecular weight excluding hydrogens is 1100 g/mol. The summed E-state index contributed by atoms with van der Waals surface area (Å²) in [7, 11) is -1.61. The molecule has 6 aliphatic carbocycles. The molecule has 14 heteroatoms. The fraction of sp³-hybridized carbons (Fsp3) is 0.625. The van der Waals surface area contributed by atoms with E-state index in [-0.39, 0.29) is 69.9 Å². The number of fused-ring (bicyclic) bond motifs is 6. The Bertz CT molecular complexity index is 2790. The van der Waals surface area contributed by atoms with E-state index in [1.54, 1.807) is 11.1 Å². The van der Waals surface area contributed by atoms with Crippen molar-refractivity contribution in [3.05, 3.63) is 104 Å². The van der Waals surface area contributed by atoms with Crippen molar-refractivity contribution in [2.45, 2.75) is 254 Å². The molecule has 0 atom stereocenters. The van der Waals surface area contributed by atoms with E-state index in [0.29, 0.717) is 10.8 Å². The highest BCUT2D eigenvalue weighted by atomic mass is 79.9. The number of hydrogen-bond acceptors (Lipinski definition) is 8. The Balaban J connectivity index is 0.000000129. The number of benzene rings is 4. The van der Waals surface area contributed by atoms with Crippen LogP contribution in [0, 0.1) is 0 Å². The van der Waals surface area contributed by atoms with Crippen LogP contribution in [0.15, 0.2) is 81.7 Å². The van der Waals surface area contributed by atoms with Gasteiger partial charge in [-0.2, -0.15) is 0 Å².